The number of nitrogens with one attached hydrogen (secondary N) is 1. The summed E-state index contributed by atoms with van der Waals surface area (Å²) in [5, 5.41) is 4.24. The standard InChI is InChI=1S/C11H15N5O2S/c1-15-7-11(12-8-15)19(17,18)14-9-3-5-16-10(6-9)2-4-13-16/h2,4,7-9,14H,3,5-6H2,1H3/t9-/m1/s1. The SMILES string of the molecule is Cn1cnc(S(=O)(=O)N[C@@H]2CCn3nccc3C2)c1. The Morgan fingerprint density at radius 1 is 1.47 bits per heavy atom. The Morgan fingerprint density at radius 3 is 3.05 bits per heavy atom. The third kappa shape index (κ3) is 2.41. The van der Waals surface area contributed by atoms with Gasteiger partial charge in [0.1, 0.15) is 0 Å². The summed E-state index contributed by atoms with van der Waals surface area (Å²) < 4.78 is 30.5. The molecule has 2 aromatic rings. The van der Waals surface area contributed by atoms with E-state index in [1.54, 1.807) is 17.8 Å². The minimum atomic E-state index is -3.54. The fourth-order valence-electron chi connectivity index (χ4n) is 2.28. The molecule has 3 heterocycles. The Balaban J connectivity index is 1.76. The van der Waals surface area contributed by atoms with Gasteiger partial charge in [0, 0.05) is 44.1 Å². The fourth-order valence-corrected chi connectivity index (χ4v) is 3.53. The number of hydrogen-bond donors (Lipinski definition) is 1. The molecule has 102 valence electrons. The molecule has 1 atom stereocenters. The zero-order valence-corrected chi connectivity index (χ0v) is 11.3. The normalized spacial score (nSPS) is 19.3. The predicted octanol–water partition coefficient (Wildman–Crippen LogP) is -0.0901. The van der Waals surface area contributed by atoms with Crippen LogP contribution in [-0.4, -0.2) is 33.8 Å². The molecule has 7 nitrogen and oxygen atoms in total. The molecule has 0 radical (unpaired) electrons. The Morgan fingerprint density at radius 2 is 2.32 bits per heavy atom. The van der Waals surface area contributed by atoms with Gasteiger partial charge >= 0.3 is 0 Å². The Bertz CT molecular complexity index is 688. The zero-order valence-electron chi connectivity index (χ0n) is 10.5. The first-order chi connectivity index (χ1) is 9.04. The van der Waals surface area contributed by atoms with Gasteiger partial charge < -0.3 is 4.57 Å². The highest BCUT2D eigenvalue weighted by atomic mass is 32.2. The summed E-state index contributed by atoms with van der Waals surface area (Å²) in [5.74, 6) is 0. The van der Waals surface area contributed by atoms with Crippen LogP contribution in [0, 0.1) is 0 Å². The number of fused-ring (bicyclic) bond motifs is 1. The smallest absolute Gasteiger partial charge is 0.259 e. The van der Waals surface area contributed by atoms with Crippen LogP contribution in [0.4, 0.5) is 0 Å². The number of imidazole rings is 1. The molecule has 0 spiro atoms. The lowest BCUT2D eigenvalue weighted by atomic mass is 10.1. The Kier molecular flexibility index (Phi) is 2.90. The number of nitrogens with zero attached hydrogens (tertiary/aromatic N) is 4. The Hall–Kier alpha value is -1.67. The molecule has 0 aromatic carbocycles. The average Bonchev–Trinajstić information content (AvgIpc) is 2.96. The lowest BCUT2D eigenvalue weighted by molar-refractivity contribution is 0.414. The largest absolute Gasteiger partial charge is 0.339 e. The molecule has 0 aliphatic carbocycles. The molecule has 0 bridgehead atoms. The third-order valence-corrected chi connectivity index (χ3v) is 4.63. The van der Waals surface area contributed by atoms with Gasteiger partial charge in [-0.3, -0.25) is 4.68 Å². The van der Waals surface area contributed by atoms with Crippen LogP contribution in [0.3, 0.4) is 0 Å². The summed E-state index contributed by atoms with van der Waals surface area (Å²) in [6.07, 6.45) is 6.11. The number of sulfonamides is 1. The lowest BCUT2D eigenvalue weighted by Gasteiger charge is -2.23. The summed E-state index contributed by atoms with van der Waals surface area (Å²) in [6, 6.07) is 1.82. The van der Waals surface area contributed by atoms with E-state index in [4.69, 9.17) is 0 Å². The van der Waals surface area contributed by atoms with Gasteiger partial charge in [-0.1, -0.05) is 0 Å². The predicted molar refractivity (Wildman–Crippen MR) is 67.9 cm³/mol. The molecule has 0 fully saturated rings. The lowest BCUT2D eigenvalue weighted by Crippen LogP contribution is -2.40. The van der Waals surface area contributed by atoms with Crippen LogP contribution < -0.4 is 4.72 Å². The van der Waals surface area contributed by atoms with Crippen LogP contribution in [0.1, 0.15) is 12.1 Å². The van der Waals surface area contributed by atoms with Gasteiger partial charge in [0.2, 0.25) is 0 Å². The zero-order chi connectivity index (χ0) is 13.5. The van der Waals surface area contributed by atoms with E-state index in [0.717, 1.165) is 18.7 Å². The van der Waals surface area contributed by atoms with Crippen molar-refractivity contribution < 1.29 is 8.42 Å². The second-order valence-electron chi connectivity index (χ2n) is 4.73. The van der Waals surface area contributed by atoms with Crippen molar-refractivity contribution in [3.63, 3.8) is 0 Å². The van der Waals surface area contributed by atoms with E-state index in [9.17, 15) is 8.42 Å². The van der Waals surface area contributed by atoms with Crippen molar-refractivity contribution in [2.75, 3.05) is 0 Å². The number of rotatable bonds is 3. The van der Waals surface area contributed by atoms with E-state index in [0.29, 0.717) is 6.42 Å². The maximum Gasteiger partial charge on any atom is 0.259 e. The molecule has 1 N–H and O–H groups in total. The monoisotopic (exact) mass is 281 g/mol. The van der Waals surface area contributed by atoms with E-state index in [2.05, 4.69) is 14.8 Å². The molecule has 0 amide bonds. The minimum absolute atomic E-state index is 0.0640. The highest BCUT2D eigenvalue weighted by Gasteiger charge is 2.25. The molecule has 0 unspecified atom stereocenters. The molecular formula is C11H15N5O2S. The van der Waals surface area contributed by atoms with Gasteiger partial charge in [0.25, 0.3) is 10.0 Å². The van der Waals surface area contributed by atoms with Crippen molar-refractivity contribution >= 4 is 10.0 Å². The van der Waals surface area contributed by atoms with E-state index in [1.807, 2.05) is 10.7 Å². The van der Waals surface area contributed by atoms with E-state index in [-0.39, 0.29) is 11.1 Å². The van der Waals surface area contributed by atoms with Crippen molar-refractivity contribution in [2.45, 2.75) is 30.5 Å². The van der Waals surface area contributed by atoms with Crippen molar-refractivity contribution in [1.82, 2.24) is 24.1 Å². The Labute approximate surface area is 111 Å². The second-order valence-corrected chi connectivity index (χ2v) is 6.39. The topological polar surface area (TPSA) is 81.8 Å². The van der Waals surface area contributed by atoms with Crippen LogP contribution in [0.15, 0.2) is 29.8 Å². The molecular weight excluding hydrogens is 266 g/mol. The van der Waals surface area contributed by atoms with Crippen LogP contribution in [-0.2, 0) is 30.0 Å². The maximum absolute atomic E-state index is 12.2. The van der Waals surface area contributed by atoms with Gasteiger partial charge in [-0.05, 0) is 12.5 Å². The van der Waals surface area contributed by atoms with Crippen molar-refractivity contribution in [1.29, 1.82) is 0 Å². The molecule has 1 aliphatic rings. The van der Waals surface area contributed by atoms with Crippen molar-refractivity contribution in [3.05, 3.63) is 30.5 Å². The number of aromatic nitrogens is 4. The quantitative estimate of drug-likeness (QED) is 0.852. The molecule has 8 heteroatoms. The maximum atomic E-state index is 12.2. The molecule has 1 aliphatic heterocycles. The van der Waals surface area contributed by atoms with Crippen molar-refractivity contribution in [2.24, 2.45) is 7.05 Å². The second kappa shape index (κ2) is 4.46. The number of aryl methyl sites for hydroxylation is 2. The molecule has 19 heavy (non-hydrogen) atoms. The van der Waals surface area contributed by atoms with Crippen molar-refractivity contribution in [3.8, 4) is 0 Å². The van der Waals surface area contributed by atoms with Gasteiger partial charge in [-0.25, -0.2) is 18.1 Å². The van der Waals surface area contributed by atoms with Gasteiger partial charge in [-0.15, -0.1) is 0 Å². The first-order valence-electron chi connectivity index (χ1n) is 6.05. The first-order valence-corrected chi connectivity index (χ1v) is 7.54. The van der Waals surface area contributed by atoms with Crippen LogP contribution in [0.25, 0.3) is 0 Å². The average molecular weight is 281 g/mol. The summed E-state index contributed by atoms with van der Waals surface area (Å²) in [5.41, 5.74) is 1.06. The van der Waals surface area contributed by atoms with Crippen LogP contribution >= 0.6 is 0 Å². The highest BCUT2D eigenvalue weighted by molar-refractivity contribution is 7.89. The minimum Gasteiger partial charge on any atom is -0.339 e. The third-order valence-electron chi connectivity index (χ3n) is 3.23. The summed E-state index contributed by atoms with van der Waals surface area (Å²) in [6.45, 7) is 0.734. The fraction of sp³-hybridized carbons (Fsp3) is 0.455. The molecule has 0 saturated heterocycles. The first kappa shape index (κ1) is 12.4. The van der Waals surface area contributed by atoms with Gasteiger partial charge in [0.15, 0.2) is 5.03 Å². The van der Waals surface area contributed by atoms with E-state index < -0.39 is 10.0 Å². The number of hydrogen-bond acceptors (Lipinski definition) is 4. The molecule has 0 saturated carbocycles. The van der Waals surface area contributed by atoms with E-state index >= 15 is 0 Å². The molecule has 2 aromatic heterocycles. The van der Waals surface area contributed by atoms with Gasteiger partial charge in [-0.2, -0.15) is 5.10 Å². The van der Waals surface area contributed by atoms with Gasteiger partial charge in [0.05, 0.1) is 6.33 Å². The molecule has 3 rings (SSSR count). The summed E-state index contributed by atoms with van der Waals surface area (Å²) in [4.78, 5) is 3.88. The summed E-state index contributed by atoms with van der Waals surface area (Å²) >= 11 is 0. The van der Waals surface area contributed by atoms with Crippen LogP contribution in [0.2, 0.25) is 0 Å². The van der Waals surface area contributed by atoms with E-state index in [1.165, 1.54) is 12.5 Å². The highest BCUT2D eigenvalue weighted by Crippen LogP contribution is 2.16. The van der Waals surface area contributed by atoms with Crippen LogP contribution in [0.5, 0.6) is 0 Å². The summed E-state index contributed by atoms with van der Waals surface area (Å²) in [7, 11) is -1.80.